The number of amides is 3. The van der Waals surface area contributed by atoms with E-state index in [2.05, 4.69) is 27.4 Å². The number of rotatable bonds is 7. The third kappa shape index (κ3) is 4.63. The van der Waals surface area contributed by atoms with E-state index in [1.54, 1.807) is 37.3 Å². The lowest BCUT2D eigenvalue weighted by atomic mass is 10.1. The summed E-state index contributed by atoms with van der Waals surface area (Å²) in [6.07, 6.45) is 3.74. The molecule has 2 atom stereocenters. The van der Waals surface area contributed by atoms with Crippen LogP contribution in [0.4, 0.5) is 4.79 Å². The molecule has 162 valence electrons. The number of benzene rings is 1. The molecule has 1 N–H and O–H groups in total. The van der Waals surface area contributed by atoms with Gasteiger partial charge in [0.1, 0.15) is 0 Å². The number of hydrogen-bond donors (Lipinski definition) is 1. The lowest BCUT2D eigenvalue weighted by Crippen LogP contribution is -2.64. The van der Waals surface area contributed by atoms with E-state index in [0.717, 1.165) is 28.9 Å². The van der Waals surface area contributed by atoms with Crippen LogP contribution in [-0.4, -0.2) is 81.2 Å². The molecular formula is C21H25N7O2S. The SMILES string of the molecule is CN(Cc1ccccc1)C1=NC2C(C(=O)NC(=O)N2C)N1CCCSc1ncccn1. The average Bonchev–Trinajstić information content (AvgIpc) is 3.17. The molecule has 0 radical (unpaired) electrons. The van der Waals surface area contributed by atoms with Crippen molar-refractivity contribution in [2.45, 2.75) is 30.3 Å². The number of carbonyl (C=O) groups excluding carboxylic acids is 2. The molecule has 0 spiro atoms. The summed E-state index contributed by atoms with van der Waals surface area (Å²) in [5.74, 6) is 1.22. The summed E-state index contributed by atoms with van der Waals surface area (Å²) in [7, 11) is 3.63. The Bertz CT molecular complexity index is 957. The Morgan fingerprint density at radius 1 is 1.13 bits per heavy atom. The normalized spacial score (nSPS) is 20.4. The highest BCUT2D eigenvalue weighted by Gasteiger charge is 2.49. The predicted octanol–water partition coefficient (Wildman–Crippen LogP) is 1.64. The molecule has 3 heterocycles. The summed E-state index contributed by atoms with van der Waals surface area (Å²) in [6.45, 7) is 1.29. The lowest BCUT2D eigenvalue weighted by molar-refractivity contribution is -0.127. The standard InChI is InChI=1S/C21H25N7O2S/c1-26(14-15-8-4-3-5-9-15)20-24-17-16(18(29)25-21(30)27(17)2)28(20)12-7-13-31-19-22-10-6-11-23-19/h3-6,8-11,16-17H,7,12-14H2,1-2H3,(H,25,29,30). The maximum Gasteiger partial charge on any atom is 0.325 e. The van der Waals surface area contributed by atoms with Crippen LogP contribution in [0.25, 0.3) is 0 Å². The van der Waals surface area contributed by atoms with E-state index in [9.17, 15) is 9.59 Å². The summed E-state index contributed by atoms with van der Waals surface area (Å²) < 4.78 is 0. The smallest absolute Gasteiger partial charge is 0.325 e. The monoisotopic (exact) mass is 439 g/mol. The van der Waals surface area contributed by atoms with Crippen molar-refractivity contribution in [3.63, 3.8) is 0 Å². The van der Waals surface area contributed by atoms with Gasteiger partial charge < -0.3 is 14.7 Å². The fourth-order valence-corrected chi connectivity index (χ4v) is 4.48. The molecule has 9 nitrogen and oxygen atoms in total. The molecule has 1 fully saturated rings. The fourth-order valence-electron chi connectivity index (χ4n) is 3.75. The quantitative estimate of drug-likeness (QED) is 0.398. The highest BCUT2D eigenvalue weighted by atomic mass is 32.2. The number of nitrogens with one attached hydrogen (secondary N) is 1. The summed E-state index contributed by atoms with van der Waals surface area (Å²) in [5.41, 5.74) is 1.15. The molecule has 0 aliphatic carbocycles. The average molecular weight is 440 g/mol. The van der Waals surface area contributed by atoms with Crippen LogP contribution in [0.3, 0.4) is 0 Å². The topological polar surface area (TPSA) is 94.0 Å². The molecule has 2 aliphatic heterocycles. The van der Waals surface area contributed by atoms with Gasteiger partial charge in [0.2, 0.25) is 0 Å². The largest absolute Gasteiger partial charge is 0.341 e. The molecule has 4 rings (SSSR count). The van der Waals surface area contributed by atoms with Crippen molar-refractivity contribution in [2.75, 3.05) is 26.4 Å². The molecule has 2 aliphatic rings. The molecule has 2 unspecified atom stereocenters. The van der Waals surface area contributed by atoms with E-state index in [0.29, 0.717) is 13.1 Å². The zero-order valence-corrected chi connectivity index (χ0v) is 18.3. The number of guanidine groups is 1. The minimum Gasteiger partial charge on any atom is -0.341 e. The Kier molecular flexibility index (Phi) is 6.36. The number of thioether (sulfide) groups is 1. The van der Waals surface area contributed by atoms with E-state index in [1.807, 2.05) is 35.0 Å². The summed E-state index contributed by atoms with van der Waals surface area (Å²) in [5, 5.41) is 3.18. The predicted molar refractivity (Wildman–Crippen MR) is 118 cm³/mol. The number of fused-ring (bicyclic) bond motifs is 1. The summed E-state index contributed by atoms with van der Waals surface area (Å²) in [6, 6.07) is 10.9. The van der Waals surface area contributed by atoms with Crippen LogP contribution in [0.1, 0.15) is 12.0 Å². The number of aliphatic imine (C=N–C) groups is 1. The number of hydrogen-bond acceptors (Lipinski definition) is 8. The van der Waals surface area contributed by atoms with Crippen LogP contribution in [0.5, 0.6) is 0 Å². The Labute approximate surface area is 185 Å². The first-order chi connectivity index (χ1) is 15.0. The highest BCUT2D eigenvalue weighted by molar-refractivity contribution is 7.99. The van der Waals surface area contributed by atoms with Crippen LogP contribution >= 0.6 is 11.8 Å². The van der Waals surface area contributed by atoms with E-state index in [1.165, 1.54) is 4.90 Å². The van der Waals surface area contributed by atoms with Gasteiger partial charge in [-0.25, -0.2) is 19.8 Å². The van der Waals surface area contributed by atoms with Crippen LogP contribution in [-0.2, 0) is 11.3 Å². The molecule has 2 aromatic rings. The Morgan fingerprint density at radius 3 is 2.61 bits per heavy atom. The summed E-state index contributed by atoms with van der Waals surface area (Å²) >= 11 is 1.58. The van der Waals surface area contributed by atoms with Crippen molar-refractivity contribution >= 4 is 29.7 Å². The maximum atomic E-state index is 12.7. The van der Waals surface area contributed by atoms with Crippen LogP contribution in [0, 0.1) is 0 Å². The maximum absolute atomic E-state index is 12.7. The first-order valence-corrected chi connectivity index (χ1v) is 11.1. The van der Waals surface area contributed by atoms with Crippen molar-refractivity contribution in [1.82, 2.24) is 30.0 Å². The van der Waals surface area contributed by atoms with Gasteiger partial charge in [0.05, 0.1) is 0 Å². The number of carbonyl (C=O) groups is 2. The molecule has 0 saturated carbocycles. The number of nitrogens with zero attached hydrogens (tertiary/aromatic N) is 6. The minimum absolute atomic E-state index is 0.306. The first-order valence-electron chi connectivity index (χ1n) is 10.1. The second-order valence-corrected chi connectivity index (χ2v) is 8.52. The van der Waals surface area contributed by atoms with Crippen molar-refractivity contribution in [2.24, 2.45) is 4.99 Å². The highest BCUT2D eigenvalue weighted by Crippen LogP contribution is 2.26. The van der Waals surface area contributed by atoms with Crippen LogP contribution in [0.15, 0.2) is 58.9 Å². The van der Waals surface area contributed by atoms with Crippen molar-refractivity contribution in [1.29, 1.82) is 0 Å². The van der Waals surface area contributed by atoms with Gasteiger partial charge in [-0.15, -0.1) is 0 Å². The van der Waals surface area contributed by atoms with Gasteiger partial charge in [0, 0.05) is 45.3 Å². The Balaban J connectivity index is 1.48. The van der Waals surface area contributed by atoms with E-state index in [-0.39, 0.29) is 5.91 Å². The Morgan fingerprint density at radius 2 is 1.87 bits per heavy atom. The van der Waals surface area contributed by atoms with E-state index < -0.39 is 18.2 Å². The molecule has 31 heavy (non-hydrogen) atoms. The zero-order valence-electron chi connectivity index (χ0n) is 17.5. The van der Waals surface area contributed by atoms with Gasteiger partial charge >= 0.3 is 6.03 Å². The van der Waals surface area contributed by atoms with Gasteiger partial charge in [-0.1, -0.05) is 42.1 Å². The van der Waals surface area contributed by atoms with Crippen molar-refractivity contribution in [3.05, 3.63) is 54.4 Å². The molecule has 1 saturated heterocycles. The second kappa shape index (κ2) is 9.34. The lowest BCUT2D eigenvalue weighted by Gasteiger charge is -2.37. The molecule has 1 aromatic heterocycles. The van der Waals surface area contributed by atoms with E-state index in [4.69, 9.17) is 4.99 Å². The molecule has 3 amide bonds. The number of urea groups is 1. The van der Waals surface area contributed by atoms with Gasteiger partial charge in [-0.2, -0.15) is 0 Å². The van der Waals surface area contributed by atoms with Crippen LogP contribution in [0.2, 0.25) is 0 Å². The first kappa shape index (κ1) is 21.1. The van der Waals surface area contributed by atoms with Gasteiger partial charge in [-0.3, -0.25) is 10.1 Å². The fraction of sp³-hybridized carbons (Fsp3) is 0.381. The Hall–Kier alpha value is -3.14. The van der Waals surface area contributed by atoms with Gasteiger partial charge in [0.25, 0.3) is 5.91 Å². The van der Waals surface area contributed by atoms with Gasteiger partial charge in [0.15, 0.2) is 23.3 Å². The van der Waals surface area contributed by atoms with E-state index >= 15 is 0 Å². The number of aromatic nitrogens is 2. The molecule has 10 heteroatoms. The second-order valence-electron chi connectivity index (χ2n) is 7.46. The number of imide groups is 1. The number of likely N-dealkylation sites (N-methyl/N-ethyl adjacent to an activating group) is 1. The van der Waals surface area contributed by atoms with Gasteiger partial charge in [-0.05, 0) is 18.1 Å². The zero-order chi connectivity index (χ0) is 21.8. The third-order valence-corrected chi connectivity index (χ3v) is 6.22. The third-order valence-electron chi connectivity index (χ3n) is 5.26. The molecular weight excluding hydrogens is 414 g/mol. The minimum atomic E-state index is -0.533. The summed E-state index contributed by atoms with van der Waals surface area (Å²) in [4.78, 5) is 43.6. The van der Waals surface area contributed by atoms with Crippen LogP contribution < -0.4 is 5.32 Å². The van der Waals surface area contributed by atoms with Crippen molar-refractivity contribution in [3.8, 4) is 0 Å². The van der Waals surface area contributed by atoms with Crippen molar-refractivity contribution < 1.29 is 9.59 Å². The molecule has 1 aromatic carbocycles. The molecule has 0 bridgehead atoms.